The highest BCUT2D eigenvalue weighted by Gasteiger charge is 2.19. The fraction of sp³-hybridized carbons (Fsp3) is 0.364. The summed E-state index contributed by atoms with van der Waals surface area (Å²) in [7, 11) is 1.64. The van der Waals surface area contributed by atoms with Gasteiger partial charge in [0.15, 0.2) is 0 Å². The number of nitrogens with zero attached hydrogens (tertiary/aromatic N) is 1. The number of carbonyl (C=O) groups is 2. The van der Waals surface area contributed by atoms with E-state index >= 15 is 0 Å². The molecule has 3 rings (SSSR count). The van der Waals surface area contributed by atoms with Gasteiger partial charge in [0.25, 0.3) is 0 Å². The van der Waals surface area contributed by atoms with Crippen LogP contribution in [0.1, 0.15) is 35.1 Å². The van der Waals surface area contributed by atoms with Crippen LogP contribution in [0.5, 0.6) is 5.75 Å². The topological polar surface area (TPSA) is 58.6 Å². The minimum atomic E-state index is -0.00805. The highest BCUT2D eigenvalue weighted by atomic mass is 16.5. The van der Waals surface area contributed by atoms with Crippen molar-refractivity contribution in [2.24, 2.45) is 0 Å². The number of amides is 2. The Balaban J connectivity index is 1.48. The highest BCUT2D eigenvalue weighted by molar-refractivity contribution is 5.79. The molecule has 0 radical (unpaired) electrons. The Bertz CT molecular complexity index is 815. The zero-order valence-corrected chi connectivity index (χ0v) is 16.0. The monoisotopic (exact) mass is 366 g/mol. The molecule has 2 aromatic carbocycles. The van der Waals surface area contributed by atoms with E-state index in [1.165, 1.54) is 0 Å². The third-order valence-corrected chi connectivity index (χ3v) is 4.88. The number of benzene rings is 2. The number of ether oxygens (including phenoxy) is 1. The van der Waals surface area contributed by atoms with Crippen LogP contribution in [0.3, 0.4) is 0 Å². The highest BCUT2D eigenvalue weighted by Crippen LogP contribution is 2.19. The zero-order chi connectivity index (χ0) is 19.2. The number of rotatable bonds is 7. The molecule has 0 bridgehead atoms. The van der Waals surface area contributed by atoms with Crippen molar-refractivity contribution < 1.29 is 14.3 Å². The molecule has 5 heteroatoms. The number of carbonyl (C=O) groups excluding carboxylic acids is 2. The fourth-order valence-corrected chi connectivity index (χ4v) is 3.35. The average molecular weight is 366 g/mol. The van der Waals surface area contributed by atoms with E-state index in [1.54, 1.807) is 7.11 Å². The number of aryl methyl sites for hydroxylation is 1. The standard InChI is InChI=1S/C22H26N2O3/c1-16-12-19(9-10-20(16)27-2)13-21(25)23-14-17-5-7-18(8-6-17)15-24-11-3-4-22(24)26/h5-10,12H,3-4,11,13-15H2,1-2H3,(H,23,25). The summed E-state index contributed by atoms with van der Waals surface area (Å²) in [6.45, 7) is 3.98. The van der Waals surface area contributed by atoms with E-state index in [2.05, 4.69) is 5.32 Å². The molecular weight excluding hydrogens is 340 g/mol. The molecule has 27 heavy (non-hydrogen) atoms. The van der Waals surface area contributed by atoms with Crippen molar-refractivity contribution in [2.45, 2.75) is 39.3 Å². The van der Waals surface area contributed by atoms with E-state index in [9.17, 15) is 9.59 Å². The molecule has 1 aliphatic heterocycles. The predicted molar refractivity (Wildman–Crippen MR) is 104 cm³/mol. The Morgan fingerprint density at radius 3 is 2.44 bits per heavy atom. The first-order valence-electron chi connectivity index (χ1n) is 9.31. The van der Waals surface area contributed by atoms with Gasteiger partial charge in [0.05, 0.1) is 13.5 Å². The van der Waals surface area contributed by atoms with Gasteiger partial charge in [0, 0.05) is 26.1 Å². The van der Waals surface area contributed by atoms with Gasteiger partial charge in [-0.05, 0) is 41.7 Å². The molecule has 1 N–H and O–H groups in total. The largest absolute Gasteiger partial charge is 0.496 e. The lowest BCUT2D eigenvalue weighted by atomic mass is 10.1. The molecule has 5 nitrogen and oxygen atoms in total. The van der Waals surface area contributed by atoms with E-state index in [4.69, 9.17) is 4.74 Å². The van der Waals surface area contributed by atoms with Crippen LogP contribution in [-0.2, 0) is 29.1 Å². The molecule has 1 heterocycles. The second-order valence-electron chi connectivity index (χ2n) is 6.99. The van der Waals surface area contributed by atoms with Crippen LogP contribution in [0.4, 0.5) is 0 Å². The van der Waals surface area contributed by atoms with Crippen LogP contribution < -0.4 is 10.1 Å². The average Bonchev–Trinajstić information content (AvgIpc) is 3.06. The lowest BCUT2D eigenvalue weighted by Gasteiger charge is -2.15. The smallest absolute Gasteiger partial charge is 0.224 e. The maximum Gasteiger partial charge on any atom is 0.224 e. The van der Waals surface area contributed by atoms with Crippen molar-refractivity contribution in [2.75, 3.05) is 13.7 Å². The number of nitrogens with one attached hydrogen (secondary N) is 1. The summed E-state index contributed by atoms with van der Waals surface area (Å²) in [5.41, 5.74) is 4.16. The summed E-state index contributed by atoms with van der Waals surface area (Å²) in [6, 6.07) is 13.9. The van der Waals surface area contributed by atoms with Gasteiger partial charge in [-0.1, -0.05) is 36.4 Å². The molecule has 0 aromatic heterocycles. The molecule has 2 amide bonds. The van der Waals surface area contributed by atoms with E-state index in [0.29, 0.717) is 25.9 Å². The van der Waals surface area contributed by atoms with E-state index in [-0.39, 0.29) is 11.8 Å². The van der Waals surface area contributed by atoms with Crippen molar-refractivity contribution >= 4 is 11.8 Å². The summed E-state index contributed by atoms with van der Waals surface area (Å²) < 4.78 is 5.25. The maximum absolute atomic E-state index is 12.2. The van der Waals surface area contributed by atoms with Gasteiger partial charge >= 0.3 is 0 Å². The Morgan fingerprint density at radius 2 is 1.81 bits per heavy atom. The van der Waals surface area contributed by atoms with Crippen LogP contribution in [-0.4, -0.2) is 30.4 Å². The third-order valence-electron chi connectivity index (χ3n) is 4.88. The van der Waals surface area contributed by atoms with Crippen LogP contribution in [0.2, 0.25) is 0 Å². The molecule has 1 saturated heterocycles. The zero-order valence-electron chi connectivity index (χ0n) is 16.0. The van der Waals surface area contributed by atoms with Gasteiger partial charge in [-0.3, -0.25) is 9.59 Å². The Kier molecular flexibility index (Phi) is 6.12. The van der Waals surface area contributed by atoms with Crippen molar-refractivity contribution in [1.29, 1.82) is 0 Å². The predicted octanol–water partition coefficient (Wildman–Crippen LogP) is 2.98. The van der Waals surface area contributed by atoms with Crippen LogP contribution in [0.15, 0.2) is 42.5 Å². The third kappa shape index (κ3) is 5.09. The van der Waals surface area contributed by atoms with Gasteiger partial charge in [-0.25, -0.2) is 0 Å². The van der Waals surface area contributed by atoms with Gasteiger partial charge in [0.1, 0.15) is 5.75 Å². The van der Waals surface area contributed by atoms with Gasteiger partial charge < -0.3 is 15.0 Å². The summed E-state index contributed by atoms with van der Waals surface area (Å²) in [5, 5.41) is 2.96. The lowest BCUT2D eigenvalue weighted by molar-refractivity contribution is -0.128. The minimum absolute atomic E-state index is 0.00805. The number of methoxy groups -OCH3 is 1. The van der Waals surface area contributed by atoms with E-state index in [0.717, 1.165) is 41.0 Å². The number of likely N-dealkylation sites (tertiary alicyclic amines) is 1. The number of hydrogen-bond donors (Lipinski definition) is 1. The molecule has 1 aliphatic rings. The first-order chi connectivity index (χ1) is 13.0. The van der Waals surface area contributed by atoms with Gasteiger partial charge in [-0.2, -0.15) is 0 Å². The summed E-state index contributed by atoms with van der Waals surface area (Å²) >= 11 is 0. The normalized spacial score (nSPS) is 13.7. The van der Waals surface area contributed by atoms with Crippen LogP contribution in [0.25, 0.3) is 0 Å². The van der Waals surface area contributed by atoms with Crippen LogP contribution in [0, 0.1) is 6.92 Å². The first-order valence-corrected chi connectivity index (χ1v) is 9.31. The van der Waals surface area contributed by atoms with E-state index < -0.39 is 0 Å². The Hall–Kier alpha value is -2.82. The second-order valence-corrected chi connectivity index (χ2v) is 6.99. The quantitative estimate of drug-likeness (QED) is 0.820. The fourth-order valence-electron chi connectivity index (χ4n) is 3.35. The molecule has 0 aliphatic carbocycles. The molecule has 0 atom stereocenters. The molecule has 142 valence electrons. The molecule has 0 spiro atoms. The molecular formula is C22H26N2O3. The van der Waals surface area contributed by atoms with E-state index in [1.807, 2.05) is 54.3 Å². The first kappa shape index (κ1) is 19.0. The molecule has 2 aromatic rings. The summed E-state index contributed by atoms with van der Waals surface area (Å²) in [6.07, 6.45) is 1.97. The van der Waals surface area contributed by atoms with Crippen LogP contribution >= 0.6 is 0 Å². The summed E-state index contributed by atoms with van der Waals surface area (Å²) in [5.74, 6) is 1.06. The molecule has 0 saturated carbocycles. The van der Waals surface area contributed by atoms with Gasteiger partial charge in [0.2, 0.25) is 11.8 Å². The van der Waals surface area contributed by atoms with Crippen molar-refractivity contribution in [3.05, 3.63) is 64.7 Å². The SMILES string of the molecule is COc1ccc(CC(=O)NCc2ccc(CN3CCCC3=O)cc2)cc1C. The molecule has 0 unspecified atom stereocenters. The van der Waals surface area contributed by atoms with Gasteiger partial charge in [-0.15, -0.1) is 0 Å². The lowest BCUT2D eigenvalue weighted by Crippen LogP contribution is -2.25. The Morgan fingerprint density at radius 1 is 1.11 bits per heavy atom. The van der Waals surface area contributed by atoms with Crippen molar-refractivity contribution in [3.8, 4) is 5.75 Å². The minimum Gasteiger partial charge on any atom is -0.496 e. The van der Waals surface area contributed by atoms with Crippen molar-refractivity contribution in [3.63, 3.8) is 0 Å². The second kappa shape index (κ2) is 8.71. The van der Waals surface area contributed by atoms with Crippen molar-refractivity contribution in [1.82, 2.24) is 10.2 Å². The summed E-state index contributed by atoms with van der Waals surface area (Å²) in [4.78, 5) is 25.8. The Labute approximate surface area is 160 Å². The molecule has 1 fully saturated rings. The maximum atomic E-state index is 12.2. The number of hydrogen-bond acceptors (Lipinski definition) is 3.